The van der Waals surface area contributed by atoms with E-state index in [4.69, 9.17) is 10.7 Å². The number of nitrogens with two attached hydrogens (primary N) is 1. The van der Waals surface area contributed by atoms with Gasteiger partial charge in [-0.3, -0.25) is 4.84 Å². The smallest absolute Gasteiger partial charge is 0.355 e. The molecule has 0 spiro atoms. The van der Waals surface area contributed by atoms with Crippen LogP contribution < -0.4 is 11.4 Å². The van der Waals surface area contributed by atoms with Crippen molar-refractivity contribution in [1.29, 1.82) is 0 Å². The predicted octanol–water partition coefficient (Wildman–Crippen LogP) is 2.33. The molecule has 0 atom stereocenters. The number of fused-ring (bicyclic) bond motifs is 3. The van der Waals surface area contributed by atoms with Crippen molar-refractivity contribution >= 4 is 6.09 Å². The van der Waals surface area contributed by atoms with Crippen LogP contribution in [0.2, 0.25) is 0 Å². The first-order chi connectivity index (χ1) is 9.81. The first-order valence-corrected chi connectivity index (χ1v) is 6.28. The summed E-state index contributed by atoms with van der Waals surface area (Å²) < 4.78 is 0. The summed E-state index contributed by atoms with van der Waals surface area (Å²) in [6.07, 6.45) is -0.815. The van der Waals surface area contributed by atoms with Gasteiger partial charge in [0.2, 0.25) is 0 Å². The summed E-state index contributed by atoms with van der Waals surface area (Å²) >= 11 is 0. The molecular weight excluding hydrogens is 256 g/mol. The van der Waals surface area contributed by atoms with E-state index in [9.17, 15) is 4.79 Å². The molecule has 0 aromatic heterocycles. The summed E-state index contributed by atoms with van der Waals surface area (Å²) in [6.45, 7) is 0.323. The first kappa shape index (κ1) is 12.7. The molecule has 3 rings (SSSR count). The topological polar surface area (TPSA) is 73.6 Å². The highest BCUT2D eigenvalue weighted by Gasteiger charge is 2.28. The minimum atomic E-state index is -0.815. The van der Waals surface area contributed by atoms with Crippen LogP contribution in [-0.4, -0.2) is 12.7 Å². The number of hydroxylamine groups is 1. The van der Waals surface area contributed by atoms with Gasteiger partial charge in [0, 0.05) is 5.92 Å². The number of nitrogens with one attached hydrogen (secondary N) is 1. The van der Waals surface area contributed by atoms with Crippen molar-refractivity contribution in [3.8, 4) is 11.1 Å². The van der Waals surface area contributed by atoms with Gasteiger partial charge in [-0.25, -0.2) is 4.79 Å². The second-order valence-corrected chi connectivity index (χ2v) is 4.55. The van der Waals surface area contributed by atoms with Gasteiger partial charge in [0.25, 0.3) is 0 Å². The van der Waals surface area contributed by atoms with Crippen LogP contribution in [0.5, 0.6) is 0 Å². The number of amides is 1. The first-order valence-electron chi connectivity index (χ1n) is 6.28. The summed E-state index contributed by atoms with van der Waals surface area (Å²) in [6, 6.07) is 16.4. The molecule has 0 heterocycles. The number of benzene rings is 2. The number of carbonyl (C=O) groups excluding carboxylic acids is 1. The Morgan fingerprint density at radius 3 is 2.15 bits per heavy atom. The molecule has 1 aliphatic rings. The lowest BCUT2D eigenvalue weighted by molar-refractivity contribution is 0.0247. The molecule has 1 amide bonds. The fourth-order valence-corrected chi connectivity index (χ4v) is 2.65. The highest BCUT2D eigenvalue weighted by Crippen LogP contribution is 2.44. The molecule has 0 unspecified atom stereocenters. The summed E-state index contributed by atoms with van der Waals surface area (Å²) in [5, 5.41) is 0. The minimum Gasteiger partial charge on any atom is -0.355 e. The molecule has 0 aliphatic heterocycles. The monoisotopic (exact) mass is 270 g/mol. The number of rotatable bonds is 3. The molecule has 2 aromatic carbocycles. The van der Waals surface area contributed by atoms with Crippen LogP contribution in [0.1, 0.15) is 17.0 Å². The van der Waals surface area contributed by atoms with Crippen molar-refractivity contribution < 1.29 is 14.5 Å². The Morgan fingerprint density at radius 2 is 1.60 bits per heavy atom. The number of carbonyl (C=O) groups is 1. The highest BCUT2D eigenvalue weighted by atomic mass is 16.7. The van der Waals surface area contributed by atoms with E-state index in [1.807, 2.05) is 24.3 Å². The quantitative estimate of drug-likeness (QED) is 0.839. The van der Waals surface area contributed by atoms with Gasteiger partial charge in [-0.1, -0.05) is 48.5 Å². The second kappa shape index (κ2) is 5.32. The Kier molecular flexibility index (Phi) is 3.37. The van der Waals surface area contributed by atoms with E-state index >= 15 is 0 Å². The molecule has 0 bridgehead atoms. The Labute approximate surface area is 116 Å². The Bertz CT molecular complexity index is 597. The summed E-state index contributed by atoms with van der Waals surface area (Å²) in [5.74, 6) is 4.81. The van der Waals surface area contributed by atoms with Crippen LogP contribution >= 0.6 is 0 Å². The van der Waals surface area contributed by atoms with Gasteiger partial charge in [-0.2, -0.15) is 11.4 Å². The van der Waals surface area contributed by atoms with Crippen molar-refractivity contribution in [2.75, 3.05) is 6.61 Å². The Morgan fingerprint density at radius 1 is 1.05 bits per heavy atom. The molecule has 20 heavy (non-hydrogen) atoms. The van der Waals surface area contributed by atoms with Gasteiger partial charge in [-0.15, -0.1) is 0 Å². The maximum absolute atomic E-state index is 10.9. The van der Waals surface area contributed by atoms with Gasteiger partial charge in [0.15, 0.2) is 0 Å². The van der Waals surface area contributed by atoms with Gasteiger partial charge >= 0.3 is 6.09 Å². The van der Waals surface area contributed by atoms with E-state index in [0.29, 0.717) is 6.61 Å². The normalized spacial score (nSPS) is 12.7. The van der Waals surface area contributed by atoms with E-state index in [2.05, 4.69) is 34.6 Å². The van der Waals surface area contributed by atoms with E-state index in [1.54, 1.807) is 0 Å². The SMILES string of the molecule is NOC(=O)NOCC1c2ccccc2-c2ccccc21. The van der Waals surface area contributed by atoms with E-state index in [1.165, 1.54) is 22.3 Å². The summed E-state index contributed by atoms with van der Waals surface area (Å²) in [4.78, 5) is 20.1. The standard InChI is InChI=1S/C15H14N2O3/c16-20-15(18)17-19-9-14-12-7-3-1-5-10(12)11-6-2-4-8-13(11)14/h1-8,14H,9,16H2,(H,17,18). The van der Waals surface area contributed by atoms with Crippen molar-refractivity contribution in [2.45, 2.75) is 5.92 Å². The average Bonchev–Trinajstić information content (AvgIpc) is 2.82. The fraction of sp³-hybridized carbons (Fsp3) is 0.133. The molecule has 102 valence electrons. The average molecular weight is 270 g/mol. The van der Waals surface area contributed by atoms with Crippen molar-refractivity contribution in [3.05, 3.63) is 59.7 Å². The molecule has 0 saturated heterocycles. The maximum Gasteiger partial charge on any atom is 0.450 e. The van der Waals surface area contributed by atoms with Crippen LogP contribution in [0.25, 0.3) is 11.1 Å². The summed E-state index contributed by atoms with van der Waals surface area (Å²) in [7, 11) is 0. The number of hydrogen-bond acceptors (Lipinski definition) is 4. The molecule has 0 radical (unpaired) electrons. The van der Waals surface area contributed by atoms with Crippen LogP contribution in [0, 0.1) is 0 Å². The van der Waals surface area contributed by atoms with E-state index < -0.39 is 6.09 Å². The molecule has 3 N–H and O–H groups in total. The fourth-order valence-electron chi connectivity index (χ4n) is 2.65. The third kappa shape index (κ3) is 2.13. The minimum absolute atomic E-state index is 0.0838. The molecular formula is C15H14N2O3. The van der Waals surface area contributed by atoms with Crippen molar-refractivity contribution in [2.24, 2.45) is 5.90 Å². The van der Waals surface area contributed by atoms with Crippen LogP contribution in [-0.2, 0) is 9.68 Å². The van der Waals surface area contributed by atoms with Crippen LogP contribution in [0.4, 0.5) is 4.79 Å². The molecule has 2 aromatic rings. The third-order valence-electron chi connectivity index (χ3n) is 3.48. The zero-order chi connectivity index (χ0) is 13.9. The third-order valence-corrected chi connectivity index (χ3v) is 3.48. The zero-order valence-corrected chi connectivity index (χ0v) is 10.7. The lowest BCUT2D eigenvalue weighted by Gasteiger charge is -2.13. The Hall–Kier alpha value is -2.37. The van der Waals surface area contributed by atoms with Gasteiger partial charge < -0.3 is 4.84 Å². The molecule has 0 fully saturated rings. The Balaban J connectivity index is 1.85. The summed E-state index contributed by atoms with van der Waals surface area (Å²) in [5.41, 5.74) is 6.93. The van der Waals surface area contributed by atoms with Crippen LogP contribution in [0.15, 0.2) is 48.5 Å². The lowest BCUT2D eigenvalue weighted by Crippen LogP contribution is -2.28. The van der Waals surface area contributed by atoms with Gasteiger partial charge in [0.1, 0.15) is 0 Å². The lowest BCUT2D eigenvalue weighted by atomic mass is 9.98. The molecule has 0 saturated carbocycles. The highest BCUT2D eigenvalue weighted by molar-refractivity contribution is 5.78. The molecule has 5 nitrogen and oxygen atoms in total. The van der Waals surface area contributed by atoms with Crippen LogP contribution in [0.3, 0.4) is 0 Å². The molecule has 1 aliphatic carbocycles. The van der Waals surface area contributed by atoms with Crippen molar-refractivity contribution in [1.82, 2.24) is 5.48 Å². The van der Waals surface area contributed by atoms with Gasteiger partial charge in [-0.05, 0) is 22.3 Å². The van der Waals surface area contributed by atoms with Gasteiger partial charge in [0.05, 0.1) is 6.61 Å². The maximum atomic E-state index is 10.9. The second-order valence-electron chi connectivity index (χ2n) is 4.55. The predicted molar refractivity (Wildman–Crippen MR) is 73.5 cm³/mol. The largest absolute Gasteiger partial charge is 0.450 e. The van der Waals surface area contributed by atoms with E-state index in [-0.39, 0.29) is 5.92 Å². The molecule has 5 heteroatoms. The van der Waals surface area contributed by atoms with Crippen molar-refractivity contribution in [3.63, 3.8) is 0 Å². The van der Waals surface area contributed by atoms with E-state index in [0.717, 1.165) is 0 Å². The number of hydrogen-bond donors (Lipinski definition) is 2. The zero-order valence-electron chi connectivity index (χ0n) is 10.7.